The summed E-state index contributed by atoms with van der Waals surface area (Å²) in [7, 11) is 0. The van der Waals surface area contributed by atoms with Crippen molar-refractivity contribution in [1.82, 2.24) is 10.2 Å². The summed E-state index contributed by atoms with van der Waals surface area (Å²) in [5.41, 5.74) is 6.52. The number of carboxylic acid groups (broad SMARTS) is 1. The summed E-state index contributed by atoms with van der Waals surface area (Å²) in [5, 5.41) is 12.0. The highest BCUT2D eigenvalue weighted by molar-refractivity contribution is 5.92. The first-order valence-electron chi connectivity index (χ1n) is 9.01. The molecule has 0 unspecified atom stereocenters. The largest absolute Gasteiger partial charge is 0.479 e. The molecule has 0 spiro atoms. The summed E-state index contributed by atoms with van der Waals surface area (Å²) in [6.45, 7) is 4.33. The van der Waals surface area contributed by atoms with Gasteiger partial charge >= 0.3 is 5.97 Å². The number of hydrogen-bond acceptors (Lipinski definition) is 4. The number of amides is 2. The van der Waals surface area contributed by atoms with Crippen LogP contribution < -0.4 is 11.1 Å². The van der Waals surface area contributed by atoms with Gasteiger partial charge in [-0.3, -0.25) is 9.59 Å². The number of carbonyl (C=O) groups is 3. The highest BCUT2D eigenvalue weighted by Crippen LogP contribution is 2.22. The predicted octanol–water partition coefficient (Wildman–Crippen LogP) is 1.29. The van der Waals surface area contributed by atoms with E-state index in [2.05, 4.69) is 5.32 Å². The third-order valence-electron chi connectivity index (χ3n) is 5.05. The molecular formula is C19H27N3O4. The van der Waals surface area contributed by atoms with E-state index < -0.39 is 30.0 Å². The lowest BCUT2D eigenvalue weighted by Gasteiger charge is -2.29. The van der Waals surface area contributed by atoms with Crippen LogP contribution in [0.4, 0.5) is 0 Å². The smallest absolute Gasteiger partial charge is 0.330 e. The van der Waals surface area contributed by atoms with E-state index in [1.54, 1.807) is 30.3 Å². The molecule has 4 N–H and O–H groups in total. The van der Waals surface area contributed by atoms with Gasteiger partial charge in [-0.05, 0) is 24.3 Å². The summed E-state index contributed by atoms with van der Waals surface area (Å²) in [5.74, 6) is -1.83. The van der Waals surface area contributed by atoms with Gasteiger partial charge in [-0.2, -0.15) is 0 Å². The van der Waals surface area contributed by atoms with E-state index in [0.717, 1.165) is 6.42 Å². The van der Waals surface area contributed by atoms with Crippen molar-refractivity contribution in [3.05, 3.63) is 35.9 Å². The lowest BCUT2D eigenvalue weighted by atomic mass is 9.98. The number of carboxylic acids is 1. The van der Waals surface area contributed by atoms with Crippen molar-refractivity contribution in [3.63, 3.8) is 0 Å². The van der Waals surface area contributed by atoms with E-state index in [1.165, 1.54) is 4.90 Å². The summed E-state index contributed by atoms with van der Waals surface area (Å²) in [4.78, 5) is 38.4. The van der Waals surface area contributed by atoms with Gasteiger partial charge in [0.2, 0.25) is 11.8 Å². The standard InChI is InChI=1S/C19H27N3O4/c1-3-12(2)15(20)18(24)22-11-7-10-14(22)17(23)21-16(19(25)26)13-8-5-4-6-9-13/h4-6,8-9,12,14-16H,3,7,10-11,20H2,1-2H3,(H,21,23)(H,25,26)/t12-,14-,15-,16-/m0/s1. The van der Waals surface area contributed by atoms with Gasteiger partial charge in [0, 0.05) is 6.54 Å². The van der Waals surface area contributed by atoms with Gasteiger partial charge in [0.15, 0.2) is 6.04 Å². The van der Waals surface area contributed by atoms with E-state index in [1.807, 2.05) is 13.8 Å². The molecule has 2 amide bonds. The van der Waals surface area contributed by atoms with Gasteiger partial charge in [-0.15, -0.1) is 0 Å². The minimum atomic E-state index is -1.15. The molecule has 1 aliphatic heterocycles. The molecule has 142 valence electrons. The number of rotatable bonds is 7. The van der Waals surface area contributed by atoms with Crippen molar-refractivity contribution in [2.45, 2.75) is 51.2 Å². The Bertz CT molecular complexity index is 649. The second-order valence-corrected chi connectivity index (χ2v) is 6.79. The molecule has 1 fully saturated rings. The molecule has 26 heavy (non-hydrogen) atoms. The van der Waals surface area contributed by atoms with Crippen LogP contribution in [-0.4, -0.2) is 46.4 Å². The zero-order chi connectivity index (χ0) is 19.3. The molecular weight excluding hydrogens is 334 g/mol. The summed E-state index contributed by atoms with van der Waals surface area (Å²) in [6, 6.07) is 6.02. The van der Waals surface area contributed by atoms with Gasteiger partial charge in [-0.25, -0.2) is 4.79 Å². The van der Waals surface area contributed by atoms with Gasteiger partial charge < -0.3 is 21.1 Å². The van der Waals surface area contributed by atoms with Crippen molar-refractivity contribution in [2.24, 2.45) is 11.7 Å². The minimum Gasteiger partial charge on any atom is -0.479 e. The average molecular weight is 361 g/mol. The van der Waals surface area contributed by atoms with E-state index >= 15 is 0 Å². The Hall–Kier alpha value is -2.41. The highest BCUT2D eigenvalue weighted by atomic mass is 16.4. The normalized spacial score (nSPS) is 20.3. The quantitative estimate of drug-likeness (QED) is 0.677. The first-order valence-corrected chi connectivity index (χ1v) is 9.01. The van der Waals surface area contributed by atoms with Crippen LogP contribution in [0.5, 0.6) is 0 Å². The fourth-order valence-corrected chi connectivity index (χ4v) is 3.16. The average Bonchev–Trinajstić information content (AvgIpc) is 3.14. The van der Waals surface area contributed by atoms with Crippen LogP contribution in [0.15, 0.2) is 30.3 Å². The molecule has 0 bridgehead atoms. The number of nitrogens with one attached hydrogen (secondary N) is 1. The molecule has 0 saturated carbocycles. The Kier molecular flexibility index (Phi) is 6.74. The molecule has 1 saturated heterocycles. The predicted molar refractivity (Wildman–Crippen MR) is 97.1 cm³/mol. The Balaban J connectivity index is 2.12. The fourth-order valence-electron chi connectivity index (χ4n) is 3.16. The van der Waals surface area contributed by atoms with Gasteiger partial charge in [0.05, 0.1) is 6.04 Å². The summed E-state index contributed by atoms with van der Waals surface area (Å²) < 4.78 is 0. The van der Waals surface area contributed by atoms with Crippen LogP contribution in [0.2, 0.25) is 0 Å². The van der Waals surface area contributed by atoms with Gasteiger partial charge in [0.1, 0.15) is 6.04 Å². The molecule has 1 aromatic rings. The van der Waals surface area contributed by atoms with Crippen molar-refractivity contribution < 1.29 is 19.5 Å². The molecule has 0 aliphatic carbocycles. The molecule has 7 nitrogen and oxygen atoms in total. The second-order valence-electron chi connectivity index (χ2n) is 6.79. The van der Waals surface area contributed by atoms with E-state index in [4.69, 9.17) is 5.73 Å². The van der Waals surface area contributed by atoms with Crippen molar-refractivity contribution >= 4 is 17.8 Å². The third kappa shape index (κ3) is 4.40. The van der Waals surface area contributed by atoms with Gasteiger partial charge in [0.25, 0.3) is 0 Å². The topological polar surface area (TPSA) is 113 Å². The Labute approximate surface area is 153 Å². The van der Waals surface area contributed by atoms with Crippen LogP contribution in [0.1, 0.15) is 44.7 Å². The van der Waals surface area contributed by atoms with Crippen LogP contribution in [0, 0.1) is 5.92 Å². The molecule has 1 aliphatic rings. The number of nitrogens with zero attached hydrogens (tertiary/aromatic N) is 1. The van der Waals surface area contributed by atoms with Crippen LogP contribution in [0.3, 0.4) is 0 Å². The summed E-state index contributed by atoms with van der Waals surface area (Å²) >= 11 is 0. The minimum absolute atomic E-state index is 0.0166. The number of likely N-dealkylation sites (tertiary alicyclic amines) is 1. The number of aliphatic carboxylic acids is 1. The number of carbonyl (C=O) groups excluding carboxylic acids is 2. The molecule has 7 heteroatoms. The van der Waals surface area contributed by atoms with Crippen molar-refractivity contribution in [3.8, 4) is 0 Å². The maximum Gasteiger partial charge on any atom is 0.330 e. The lowest BCUT2D eigenvalue weighted by Crippen LogP contribution is -2.53. The molecule has 1 heterocycles. The zero-order valence-electron chi connectivity index (χ0n) is 15.2. The van der Waals surface area contributed by atoms with E-state index in [9.17, 15) is 19.5 Å². The number of hydrogen-bond donors (Lipinski definition) is 3. The highest BCUT2D eigenvalue weighted by Gasteiger charge is 2.38. The second kappa shape index (κ2) is 8.80. The first-order chi connectivity index (χ1) is 12.4. The van der Waals surface area contributed by atoms with Crippen LogP contribution in [-0.2, 0) is 14.4 Å². The fraction of sp³-hybridized carbons (Fsp3) is 0.526. The number of nitrogens with two attached hydrogens (primary N) is 1. The SMILES string of the molecule is CC[C@H](C)[C@H](N)C(=O)N1CCC[C@H]1C(=O)N[C@H](C(=O)O)c1ccccc1. The van der Waals surface area contributed by atoms with Crippen molar-refractivity contribution in [1.29, 1.82) is 0 Å². The third-order valence-corrected chi connectivity index (χ3v) is 5.05. The maximum atomic E-state index is 12.7. The molecule has 2 rings (SSSR count). The Morgan fingerprint density at radius 2 is 1.96 bits per heavy atom. The first kappa shape index (κ1) is 19.9. The van der Waals surface area contributed by atoms with Crippen LogP contribution >= 0.6 is 0 Å². The van der Waals surface area contributed by atoms with Crippen LogP contribution in [0.25, 0.3) is 0 Å². The monoisotopic (exact) mass is 361 g/mol. The molecule has 1 aromatic carbocycles. The molecule has 4 atom stereocenters. The zero-order valence-corrected chi connectivity index (χ0v) is 15.2. The van der Waals surface area contributed by atoms with E-state index in [0.29, 0.717) is 24.9 Å². The van der Waals surface area contributed by atoms with E-state index in [-0.39, 0.29) is 11.8 Å². The van der Waals surface area contributed by atoms with Gasteiger partial charge in [-0.1, -0.05) is 50.6 Å². The Morgan fingerprint density at radius 1 is 1.31 bits per heavy atom. The number of benzene rings is 1. The maximum absolute atomic E-state index is 12.7. The van der Waals surface area contributed by atoms with Crippen molar-refractivity contribution in [2.75, 3.05) is 6.54 Å². The Morgan fingerprint density at radius 3 is 2.54 bits per heavy atom. The lowest BCUT2D eigenvalue weighted by molar-refractivity contribution is -0.144. The molecule has 0 radical (unpaired) electrons. The molecule has 0 aromatic heterocycles. The summed E-state index contributed by atoms with van der Waals surface area (Å²) in [6.07, 6.45) is 1.97.